The first-order valence-electron chi connectivity index (χ1n) is 13.2. The second-order valence-electron chi connectivity index (χ2n) is 10.00. The number of imidazole rings is 1. The van der Waals surface area contributed by atoms with Crippen LogP contribution in [0, 0.1) is 11.6 Å². The summed E-state index contributed by atoms with van der Waals surface area (Å²) < 4.78 is 29.4. The molecule has 0 unspecified atom stereocenters. The fourth-order valence-electron chi connectivity index (χ4n) is 5.30. The molecule has 3 aromatic carbocycles. The van der Waals surface area contributed by atoms with E-state index in [9.17, 15) is 13.9 Å². The van der Waals surface area contributed by atoms with Crippen LogP contribution >= 0.6 is 0 Å². The average molecular weight is 527 g/mol. The maximum absolute atomic E-state index is 13.6. The first-order valence-corrected chi connectivity index (χ1v) is 13.2. The number of pyridine rings is 1. The van der Waals surface area contributed by atoms with Crippen LogP contribution in [0.25, 0.3) is 22.4 Å². The van der Waals surface area contributed by atoms with E-state index >= 15 is 0 Å². The third kappa shape index (κ3) is 5.67. The summed E-state index contributed by atoms with van der Waals surface area (Å²) in [5, 5.41) is 9.55. The van der Waals surface area contributed by atoms with E-state index in [4.69, 9.17) is 0 Å². The Balaban J connectivity index is 1.10. The summed E-state index contributed by atoms with van der Waals surface area (Å²) in [4.78, 5) is 12.9. The van der Waals surface area contributed by atoms with E-state index in [-0.39, 0.29) is 23.4 Å². The van der Waals surface area contributed by atoms with Crippen molar-refractivity contribution in [2.45, 2.75) is 12.6 Å². The topological polar surface area (TPSA) is 59.3 Å². The van der Waals surface area contributed by atoms with Crippen molar-refractivity contribution in [3.05, 3.63) is 114 Å². The van der Waals surface area contributed by atoms with E-state index in [0.29, 0.717) is 0 Å². The van der Waals surface area contributed by atoms with Gasteiger partial charge < -0.3 is 10.1 Å². The van der Waals surface area contributed by atoms with Gasteiger partial charge in [0.05, 0.1) is 12.6 Å². The molecule has 6 rings (SSSR count). The number of aromatic nitrogens is 3. The van der Waals surface area contributed by atoms with Gasteiger partial charge in [-0.3, -0.25) is 9.80 Å². The first kappa shape index (κ1) is 25.2. The number of halogens is 2. The number of hydrogen-bond acceptors (Lipinski definition) is 4. The molecule has 8 heteroatoms. The van der Waals surface area contributed by atoms with Crippen LogP contribution in [-0.2, 0) is 6.54 Å². The lowest BCUT2D eigenvalue weighted by molar-refractivity contribution is -0.695. The summed E-state index contributed by atoms with van der Waals surface area (Å²) in [5.74, 6) is 0.485. The molecule has 0 saturated carbocycles. The summed E-state index contributed by atoms with van der Waals surface area (Å²) >= 11 is 0. The first-order chi connectivity index (χ1) is 19.0. The number of nitrogens with zero attached hydrogens (tertiary/aromatic N) is 4. The Morgan fingerprint density at radius 1 is 0.821 bits per heavy atom. The average Bonchev–Trinajstić information content (AvgIpc) is 3.39. The minimum absolute atomic E-state index is 0.0479. The Hall–Kier alpha value is -4.14. The normalized spacial score (nSPS) is 14.8. The second-order valence-corrected chi connectivity index (χ2v) is 10.00. The van der Waals surface area contributed by atoms with Gasteiger partial charge in [-0.25, -0.2) is 18.3 Å². The van der Waals surface area contributed by atoms with Crippen molar-refractivity contribution < 1.29 is 18.5 Å². The third-order valence-electron chi connectivity index (χ3n) is 7.44. The highest BCUT2D eigenvalue weighted by molar-refractivity contribution is 5.77. The molecule has 0 atom stereocenters. The predicted octanol–water partition coefficient (Wildman–Crippen LogP) is 4.91. The van der Waals surface area contributed by atoms with Gasteiger partial charge >= 0.3 is 0 Å². The Bertz CT molecular complexity index is 1500. The SMILES string of the molecule is Oc1ccc(-c2nc3cc[n+](CCN4CCN(C(c5ccc(F)cc5)c5ccc(F)cc5)CC4)cc3[nH]2)cc1. The van der Waals surface area contributed by atoms with Crippen LogP contribution in [0.15, 0.2) is 91.3 Å². The molecule has 3 heterocycles. The number of phenolic OH excluding ortho intramolecular Hbond substituents is 1. The molecule has 0 bridgehead atoms. The minimum atomic E-state index is -0.260. The molecule has 1 fully saturated rings. The fraction of sp³-hybridized carbons (Fsp3) is 0.226. The largest absolute Gasteiger partial charge is 0.508 e. The predicted molar refractivity (Wildman–Crippen MR) is 146 cm³/mol. The molecule has 0 radical (unpaired) electrons. The molecule has 6 nitrogen and oxygen atoms in total. The number of hydrogen-bond donors (Lipinski definition) is 2. The molecule has 1 aliphatic heterocycles. The van der Waals surface area contributed by atoms with Gasteiger partial charge in [0.25, 0.3) is 0 Å². The lowest BCUT2D eigenvalue weighted by Crippen LogP contribution is -2.50. The number of H-pyrrole nitrogens is 1. The fourth-order valence-corrected chi connectivity index (χ4v) is 5.30. The van der Waals surface area contributed by atoms with Crippen LogP contribution in [0.4, 0.5) is 8.78 Å². The van der Waals surface area contributed by atoms with Crippen molar-refractivity contribution in [1.29, 1.82) is 0 Å². The van der Waals surface area contributed by atoms with Crippen LogP contribution < -0.4 is 4.57 Å². The van der Waals surface area contributed by atoms with Gasteiger partial charge in [0.15, 0.2) is 18.9 Å². The highest BCUT2D eigenvalue weighted by Gasteiger charge is 2.27. The van der Waals surface area contributed by atoms with Crippen LogP contribution in [0.1, 0.15) is 17.2 Å². The summed E-state index contributed by atoms with van der Waals surface area (Å²) in [6.45, 7) is 5.32. The van der Waals surface area contributed by atoms with E-state index < -0.39 is 0 Å². The molecule has 198 valence electrons. The van der Waals surface area contributed by atoms with Gasteiger partial charge in [-0.15, -0.1) is 0 Å². The van der Waals surface area contributed by atoms with Gasteiger partial charge in [0, 0.05) is 37.8 Å². The van der Waals surface area contributed by atoms with Crippen molar-refractivity contribution in [2.75, 3.05) is 32.7 Å². The van der Waals surface area contributed by atoms with Crippen molar-refractivity contribution in [1.82, 2.24) is 19.8 Å². The number of fused-ring (bicyclic) bond motifs is 1. The van der Waals surface area contributed by atoms with Crippen LogP contribution in [0.5, 0.6) is 5.75 Å². The zero-order chi connectivity index (χ0) is 26.8. The van der Waals surface area contributed by atoms with Crippen molar-refractivity contribution in [2.24, 2.45) is 0 Å². The Kier molecular flexibility index (Phi) is 7.04. The maximum Gasteiger partial charge on any atom is 0.194 e. The van der Waals surface area contributed by atoms with Crippen molar-refractivity contribution >= 4 is 11.0 Å². The number of piperazine rings is 1. The zero-order valence-electron chi connectivity index (χ0n) is 21.5. The number of phenols is 1. The quantitative estimate of drug-likeness (QED) is 0.296. The summed E-state index contributed by atoms with van der Waals surface area (Å²) in [7, 11) is 0. The molecule has 0 aliphatic carbocycles. The summed E-state index contributed by atoms with van der Waals surface area (Å²) in [5.41, 5.74) is 4.80. The smallest absolute Gasteiger partial charge is 0.194 e. The maximum atomic E-state index is 13.6. The van der Waals surface area contributed by atoms with Crippen LogP contribution in [0.3, 0.4) is 0 Å². The van der Waals surface area contributed by atoms with Gasteiger partial charge in [0.1, 0.15) is 34.2 Å². The van der Waals surface area contributed by atoms with Crippen molar-refractivity contribution in [3.63, 3.8) is 0 Å². The summed E-state index contributed by atoms with van der Waals surface area (Å²) in [6, 6.07) is 22.2. The third-order valence-corrected chi connectivity index (χ3v) is 7.44. The van der Waals surface area contributed by atoms with Gasteiger partial charge in [-0.05, 0) is 59.7 Å². The van der Waals surface area contributed by atoms with Crippen LogP contribution in [0.2, 0.25) is 0 Å². The molecule has 39 heavy (non-hydrogen) atoms. The lowest BCUT2D eigenvalue weighted by atomic mass is 9.96. The number of rotatable bonds is 7. The van der Waals surface area contributed by atoms with E-state index in [1.54, 1.807) is 12.1 Å². The Morgan fingerprint density at radius 2 is 1.44 bits per heavy atom. The molecule has 0 amide bonds. The van der Waals surface area contributed by atoms with E-state index in [1.165, 1.54) is 24.3 Å². The second kappa shape index (κ2) is 10.9. The van der Waals surface area contributed by atoms with Crippen LogP contribution in [-0.4, -0.2) is 57.6 Å². The van der Waals surface area contributed by atoms with Crippen molar-refractivity contribution in [3.8, 4) is 17.1 Å². The number of aromatic hydroxyl groups is 1. The summed E-state index contributed by atoms with van der Waals surface area (Å²) in [6.07, 6.45) is 4.14. The zero-order valence-corrected chi connectivity index (χ0v) is 21.5. The molecule has 2 N–H and O–H groups in total. The molecule has 5 aromatic rings. The van der Waals surface area contributed by atoms with Gasteiger partial charge in [-0.1, -0.05) is 24.3 Å². The molecular weight excluding hydrogens is 496 g/mol. The number of aromatic amines is 1. The highest BCUT2D eigenvalue weighted by atomic mass is 19.1. The highest BCUT2D eigenvalue weighted by Crippen LogP contribution is 2.30. The Labute approximate surface area is 225 Å². The monoisotopic (exact) mass is 526 g/mol. The van der Waals surface area contributed by atoms with Gasteiger partial charge in [0.2, 0.25) is 0 Å². The van der Waals surface area contributed by atoms with E-state index in [2.05, 4.69) is 36.7 Å². The van der Waals surface area contributed by atoms with E-state index in [0.717, 1.165) is 72.8 Å². The molecule has 1 aliphatic rings. The molecule has 0 spiro atoms. The number of nitrogens with one attached hydrogen (secondary N) is 1. The Morgan fingerprint density at radius 3 is 2.05 bits per heavy atom. The molecule has 2 aromatic heterocycles. The number of benzene rings is 3. The molecular formula is C31H30F2N5O+. The lowest BCUT2D eigenvalue weighted by Gasteiger charge is -2.39. The molecule has 1 saturated heterocycles. The standard InChI is InChI=1S/C31H29F2N5O/c32-25-7-1-22(2-8-25)30(23-3-9-26(33)10-4-23)38-19-17-36(18-20-38)15-16-37-14-13-28-29(21-37)35-31(34-28)24-5-11-27(39)12-6-24/h1-14,21,30H,15-20H2,(H,35,39)/p+1. The van der Waals surface area contributed by atoms with E-state index in [1.807, 2.05) is 42.5 Å². The minimum Gasteiger partial charge on any atom is -0.508 e. The van der Waals surface area contributed by atoms with Gasteiger partial charge in [-0.2, -0.15) is 0 Å².